The maximum absolute atomic E-state index is 10.1. The molecule has 0 spiro atoms. The Bertz CT molecular complexity index is 732. The van der Waals surface area contributed by atoms with Gasteiger partial charge in [0.05, 0.1) is 0 Å². The highest BCUT2D eigenvalue weighted by Gasteiger charge is 2.14. The number of fused-ring (bicyclic) bond motifs is 1. The quantitative estimate of drug-likeness (QED) is 0.762. The number of phenolic OH excluding ortho intramolecular Hbond substituents is 1. The molecule has 0 radical (unpaired) electrons. The Kier molecular flexibility index (Phi) is 3.12. The maximum atomic E-state index is 10.1. The van der Waals surface area contributed by atoms with E-state index in [9.17, 15) is 5.11 Å². The second kappa shape index (κ2) is 4.94. The van der Waals surface area contributed by atoms with Crippen molar-refractivity contribution < 1.29 is 10.2 Å². The van der Waals surface area contributed by atoms with Crippen LogP contribution in [0.2, 0.25) is 0 Å². The lowest BCUT2D eigenvalue weighted by Crippen LogP contribution is -2.05. The SMILES string of the molecule is Cc1c(CCO)ccc(O)c1-n1nc2ccccc2n1. The number of rotatable bonds is 3. The van der Waals surface area contributed by atoms with Gasteiger partial charge in [-0.1, -0.05) is 18.2 Å². The van der Waals surface area contributed by atoms with Gasteiger partial charge in [0, 0.05) is 6.61 Å². The van der Waals surface area contributed by atoms with Gasteiger partial charge in [0.25, 0.3) is 0 Å². The molecule has 0 atom stereocenters. The van der Waals surface area contributed by atoms with Crippen molar-refractivity contribution in [2.45, 2.75) is 13.3 Å². The first kappa shape index (κ1) is 12.6. The molecule has 0 aliphatic carbocycles. The summed E-state index contributed by atoms with van der Waals surface area (Å²) < 4.78 is 0. The molecule has 1 aromatic heterocycles. The molecule has 0 bridgehead atoms. The molecule has 0 aliphatic heterocycles. The largest absolute Gasteiger partial charge is 0.506 e. The molecule has 0 amide bonds. The smallest absolute Gasteiger partial charge is 0.143 e. The van der Waals surface area contributed by atoms with Gasteiger partial charge in [-0.2, -0.15) is 0 Å². The summed E-state index contributed by atoms with van der Waals surface area (Å²) in [5.41, 5.74) is 3.96. The molecule has 0 fully saturated rings. The molecule has 102 valence electrons. The summed E-state index contributed by atoms with van der Waals surface area (Å²) in [6, 6.07) is 11.0. The molecule has 5 heteroatoms. The van der Waals surface area contributed by atoms with Gasteiger partial charge in [0.2, 0.25) is 0 Å². The van der Waals surface area contributed by atoms with E-state index in [0.717, 1.165) is 22.2 Å². The molecule has 1 heterocycles. The molecule has 20 heavy (non-hydrogen) atoms. The van der Waals surface area contributed by atoms with Gasteiger partial charge < -0.3 is 10.2 Å². The molecule has 2 aromatic carbocycles. The van der Waals surface area contributed by atoms with Crippen LogP contribution in [0, 0.1) is 6.92 Å². The van der Waals surface area contributed by atoms with E-state index in [-0.39, 0.29) is 12.4 Å². The third kappa shape index (κ3) is 2.02. The van der Waals surface area contributed by atoms with E-state index >= 15 is 0 Å². The third-order valence-electron chi connectivity index (χ3n) is 3.39. The fraction of sp³-hybridized carbons (Fsp3) is 0.200. The van der Waals surface area contributed by atoms with E-state index in [0.29, 0.717) is 12.1 Å². The van der Waals surface area contributed by atoms with Gasteiger partial charge in [0.15, 0.2) is 0 Å². The zero-order chi connectivity index (χ0) is 14.1. The predicted molar refractivity (Wildman–Crippen MR) is 76.1 cm³/mol. The van der Waals surface area contributed by atoms with Gasteiger partial charge in [-0.05, 0) is 42.7 Å². The molecule has 0 aliphatic rings. The molecule has 3 aromatic rings. The average Bonchev–Trinajstić information content (AvgIpc) is 2.85. The fourth-order valence-electron chi connectivity index (χ4n) is 2.33. The van der Waals surface area contributed by atoms with E-state index in [2.05, 4.69) is 10.2 Å². The first-order valence-corrected chi connectivity index (χ1v) is 6.45. The Morgan fingerprint density at radius 1 is 1.05 bits per heavy atom. The Balaban J connectivity index is 2.19. The zero-order valence-corrected chi connectivity index (χ0v) is 11.1. The summed E-state index contributed by atoms with van der Waals surface area (Å²) in [5.74, 6) is 0.129. The van der Waals surface area contributed by atoms with Crippen molar-refractivity contribution >= 4 is 11.0 Å². The number of aliphatic hydroxyl groups excluding tert-OH is 1. The van der Waals surface area contributed by atoms with Crippen LogP contribution in [-0.2, 0) is 6.42 Å². The Hall–Kier alpha value is -2.40. The zero-order valence-electron chi connectivity index (χ0n) is 11.1. The summed E-state index contributed by atoms with van der Waals surface area (Å²) in [7, 11) is 0. The van der Waals surface area contributed by atoms with Gasteiger partial charge in [-0.25, -0.2) is 0 Å². The van der Waals surface area contributed by atoms with Crippen LogP contribution in [0.5, 0.6) is 5.75 Å². The predicted octanol–water partition coefficient (Wildman–Crippen LogP) is 1.97. The van der Waals surface area contributed by atoms with E-state index in [1.54, 1.807) is 6.07 Å². The van der Waals surface area contributed by atoms with Crippen LogP contribution in [0.1, 0.15) is 11.1 Å². The number of aliphatic hydroxyl groups is 1. The Morgan fingerprint density at radius 3 is 2.30 bits per heavy atom. The topological polar surface area (TPSA) is 71.2 Å². The van der Waals surface area contributed by atoms with Crippen LogP contribution >= 0.6 is 0 Å². The van der Waals surface area contributed by atoms with Crippen LogP contribution < -0.4 is 0 Å². The van der Waals surface area contributed by atoms with Crippen LogP contribution in [0.4, 0.5) is 0 Å². The lowest BCUT2D eigenvalue weighted by atomic mass is 10.0. The molecule has 2 N–H and O–H groups in total. The van der Waals surface area contributed by atoms with Crippen molar-refractivity contribution in [1.82, 2.24) is 15.0 Å². The lowest BCUT2D eigenvalue weighted by molar-refractivity contribution is 0.299. The highest BCUT2D eigenvalue weighted by molar-refractivity contribution is 5.73. The normalized spacial score (nSPS) is 11.1. The number of aromatic nitrogens is 3. The average molecular weight is 269 g/mol. The number of aromatic hydroxyl groups is 1. The number of benzene rings is 2. The maximum Gasteiger partial charge on any atom is 0.143 e. The van der Waals surface area contributed by atoms with Crippen LogP contribution in [0.15, 0.2) is 36.4 Å². The van der Waals surface area contributed by atoms with Gasteiger partial charge in [-0.15, -0.1) is 15.0 Å². The number of nitrogens with zero attached hydrogens (tertiary/aromatic N) is 3. The van der Waals surface area contributed by atoms with Gasteiger partial charge >= 0.3 is 0 Å². The summed E-state index contributed by atoms with van der Waals surface area (Å²) in [5, 5.41) is 28.0. The molecular formula is C15H15N3O2. The fourth-order valence-corrected chi connectivity index (χ4v) is 2.33. The minimum absolute atomic E-state index is 0.0690. The Labute approximate surface area is 116 Å². The number of hydrogen-bond acceptors (Lipinski definition) is 4. The van der Waals surface area contributed by atoms with Crippen molar-refractivity contribution in [3.05, 3.63) is 47.5 Å². The molecule has 0 unspecified atom stereocenters. The first-order chi connectivity index (χ1) is 9.70. The standard InChI is InChI=1S/C15H15N3O2/c1-10-11(8-9-19)6-7-14(20)15(10)18-16-12-4-2-3-5-13(12)17-18/h2-7,19-20H,8-9H2,1H3. The molecule has 0 saturated carbocycles. The van der Waals surface area contributed by atoms with Crippen LogP contribution in [-0.4, -0.2) is 31.8 Å². The second-order valence-electron chi connectivity index (χ2n) is 4.67. The molecule has 5 nitrogen and oxygen atoms in total. The van der Waals surface area contributed by atoms with Gasteiger partial charge in [0.1, 0.15) is 22.5 Å². The van der Waals surface area contributed by atoms with Crippen molar-refractivity contribution in [3.8, 4) is 11.4 Å². The lowest BCUT2D eigenvalue weighted by Gasteiger charge is -2.11. The summed E-state index contributed by atoms with van der Waals surface area (Å²) in [4.78, 5) is 1.45. The summed E-state index contributed by atoms with van der Waals surface area (Å²) in [6.07, 6.45) is 0.542. The Morgan fingerprint density at radius 2 is 1.70 bits per heavy atom. The van der Waals surface area contributed by atoms with E-state index in [1.807, 2.05) is 37.3 Å². The molecule has 0 saturated heterocycles. The van der Waals surface area contributed by atoms with Crippen LogP contribution in [0.3, 0.4) is 0 Å². The monoisotopic (exact) mass is 269 g/mol. The van der Waals surface area contributed by atoms with Gasteiger partial charge in [-0.3, -0.25) is 0 Å². The highest BCUT2D eigenvalue weighted by atomic mass is 16.3. The minimum atomic E-state index is 0.0690. The molecular weight excluding hydrogens is 254 g/mol. The van der Waals surface area contributed by atoms with Crippen molar-refractivity contribution in [2.75, 3.05) is 6.61 Å². The van der Waals surface area contributed by atoms with Crippen molar-refractivity contribution in [2.24, 2.45) is 0 Å². The number of phenols is 1. The van der Waals surface area contributed by atoms with Crippen molar-refractivity contribution in [1.29, 1.82) is 0 Å². The second-order valence-corrected chi connectivity index (χ2v) is 4.67. The van der Waals surface area contributed by atoms with Crippen LogP contribution in [0.25, 0.3) is 16.7 Å². The summed E-state index contributed by atoms with van der Waals surface area (Å²) in [6.45, 7) is 1.97. The van der Waals surface area contributed by atoms with Crippen molar-refractivity contribution in [3.63, 3.8) is 0 Å². The van der Waals surface area contributed by atoms with E-state index < -0.39 is 0 Å². The highest BCUT2D eigenvalue weighted by Crippen LogP contribution is 2.28. The number of hydrogen-bond donors (Lipinski definition) is 2. The summed E-state index contributed by atoms with van der Waals surface area (Å²) >= 11 is 0. The molecule has 3 rings (SSSR count). The minimum Gasteiger partial charge on any atom is -0.506 e. The first-order valence-electron chi connectivity index (χ1n) is 6.45. The van der Waals surface area contributed by atoms with E-state index in [4.69, 9.17) is 5.11 Å². The third-order valence-corrected chi connectivity index (χ3v) is 3.39. The van der Waals surface area contributed by atoms with E-state index in [1.165, 1.54) is 4.80 Å².